The third-order valence-electron chi connectivity index (χ3n) is 4.69. The van der Waals surface area contributed by atoms with E-state index in [0.29, 0.717) is 23.9 Å². The molecule has 1 heterocycles. The Morgan fingerprint density at radius 1 is 1.12 bits per heavy atom. The van der Waals surface area contributed by atoms with E-state index < -0.39 is 0 Å². The van der Waals surface area contributed by atoms with E-state index in [9.17, 15) is 4.79 Å². The first-order valence-corrected chi connectivity index (χ1v) is 9.85. The number of amides is 1. The lowest BCUT2D eigenvalue weighted by Gasteiger charge is -2.18. The van der Waals surface area contributed by atoms with Gasteiger partial charge in [-0.15, -0.1) is 10.2 Å². The molecule has 0 atom stereocenters. The molecule has 0 saturated heterocycles. The predicted octanol–water partition coefficient (Wildman–Crippen LogP) is 4.17. The van der Waals surface area contributed by atoms with Crippen molar-refractivity contribution in [3.63, 3.8) is 0 Å². The molecule has 6 nitrogen and oxygen atoms in total. The average Bonchev–Trinajstić information content (AvgIpc) is 3.15. The van der Waals surface area contributed by atoms with Crippen molar-refractivity contribution in [3.8, 4) is 11.5 Å². The highest BCUT2D eigenvalue weighted by Gasteiger charge is 2.20. The zero-order valence-electron chi connectivity index (χ0n) is 15.3. The van der Waals surface area contributed by atoms with Crippen molar-refractivity contribution in [3.05, 3.63) is 28.8 Å². The third-order valence-corrected chi connectivity index (χ3v) is 5.69. The lowest BCUT2D eigenvalue weighted by atomic mass is 9.90. The van der Waals surface area contributed by atoms with E-state index in [1.165, 1.54) is 43.4 Å². The van der Waals surface area contributed by atoms with E-state index in [2.05, 4.69) is 15.5 Å². The minimum atomic E-state index is -0.0573. The quantitative estimate of drug-likeness (QED) is 0.786. The van der Waals surface area contributed by atoms with Gasteiger partial charge in [-0.3, -0.25) is 4.79 Å². The molecule has 7 heteroatoms. The Morgan fingerprint density at radius 3 is 2.46 bits per heavy atom. The van der Waals surface area contributed by atoms with Gasteiger partial charge in [0.25, 0.3) is 0 Å². The van der Waals surface area contributed by atoms with Crippen LogP contribution in [-0.4, -0.2) is 30.3 Å². The summed E-state index contributed by atoms with van der Waals surface area (Å²) in [6, 6.07) is 5.65. The van der Waals surface area contributed by atoms with E-state index in [1.54, 1.807) is 14.2 Å². The van der Waals surface area contributed by atoms with Crippen LogP contribution >= 0.6 is 11.3 Å². The maximum Gasteiger partial charge on any atom is 0.226 e. The van der Waals surface area contributed by atoms with Crippen molar-refractivity contribution < 1.29 is 14.3 Å². The molecule has 1 saturated carbocycles. The number of aryl methyl sites for hydroxylation is 1. The molecule has 1 amide bonds. The van der Waals surface area contributed by atoms with Crippen molar-refractivity contribution in [2.24, 2.45) is 0 Å². The maximum atomic E-state index is 12.2. The standard InChI is InChI=1S/C19H25N3O3S/c1-24-15-10-13(11-16(12-15)25-2)8-9-17(23)20-19-22-21-18(26-19)14-6-4-3-5-7-14/h10-12,14H,3-9H2,1-2H3,(H,20,22,23). The summed E-state index contributed by atoms with van der Waals surface area (Å²) in [5.74, 6) is 1.90. The fraction of sp³-hybridized carbons (Fsp3) is 0.526. The molecule has 1 aromatic heterocycles. The van der Waals surface area contributed by atoms with E-state index in [4.69, 9.17) is 9.47 Å². The Labute approximate surface area is 157 Å². The second-order valence-corrected chi connectivity index (χ2v) is 7.56. The molecular formula is C19H25N3O3S. The second kappa shape index (κ2) is 8.98. The minimum Gasteiger partial charge on any atom is -0.497 e. The molecular weight excluding hydrogens is 350 g/mol. The van der Waals surface area contributed by atoms with Crippen molar-refractivity contribution >= 4 is 22.4 Å². The molecule has 1 fully saturated rings. The van der Waals surface area contributed by atoms with Crippen LogP contribution in [0.4, 0.5) is 5.13 Å². The minimum absolute atomic E-state index is 0.0573. The molecule has 1 aromatic carbocycles. The van der Waals surface area contributed by atoms with Gasteiger partial charge in [0.2, 0.25) is 11.0 Å². The Morgan fingerprint density at radius 2 is 1.81 bits per heavy atom. The molecule has 1 aliphatic carbocycles. The molecule has 0 aliphatic heterocycles. The normalized spacial score (nSPS) is 14.8. The third kappa shape index (κ3) is 4.94. The molecule has 140 valence electrons. The summed E-state index contributed by atoms with van der Waals surface area (Å²) in [5, 5.41) is 12.9. The fourth-order valence-electron chi connectivity index (χ4n) is 3.25. The molecule has 0 spiro atoms. The molecule has 0 unspecified atom stereocenters. The van der Waals surface area contributed by atoms with Crippen LogP contribution in [0.15, 0.2) is 18.2 Å². The van der Waals surface area contributed by atoms with Gasteiger partial charge in [0.05, 0.1) is 14.2 Å². The maximum absolute atomic E-state index is 12.2. The van der Waals surface area contributed by atoms with Crippen molar-refractivity contribution in [1.29, 1.82) is 0 Å². The van der Waals surface area contributed by atoms with Gasteiger partial charge in [-0.2, -0.15) is 0 Å². The largest absolute Gasteiger partial charge is 0.497 e. The summed E-state index contributed by atoms with van der Waals surface area (Å²) in [5.41, 5.74) is 0.997. The van der Waals surface area contributed by atoms with Crippen LogP contribution in [0.3, 0.4) is 0 Å². The summed E-state index contributed by atoms with van der Waals surface area (Å²) < 4.78 is 10.5. The Hall–Kier alpha value is -2.15. The molecule has 1 aliphatic rings. The van der Waals surface area contributed by atoms with Gasteiger partial charge in [0, 0.05) is 18.4 Å². The summed E-state index contributed by atoms with van der Waals surface area (Å²) in [7, 11) is 3.23. The molecule has 26 heavy (non-hydrogen) atoms. The number of aromatic nitrogens is 2. The number of hydrogen-bond acceptors (Lipinski definition) is 6. The smallest absolute Gasteiger partial charge is 0.226 e. The number of rotatable bonds is 7. The van der Waals surface area contributed by atoms with Gasteiger partial charge in [-0.1, -0.05) is 30.6 Å². The number of ether oxygens (including phenoxy) is 2. The van der Waals surface area contributed by atoms with Crippen molar-refractivity contribution in [2.45, 2.75) is 50.9 Å². The van der Waals surface area contributed by atoms with Crippen molar-refractivity contribution in [1.82, 2.24) is 10.2 Å². The molecule has 3 rings (SSSR count). The lowest BCUT2D eigenvalue weighted by Crippen LogP contribution is -2.12. The highest BCUT2D eigenvalue weighted by atomic mass is 32.1. The van der Waals surface area contributed by atoms with Crippen LogP contribution in [0.1, 0.15) is 55.0 Å². The van der Waals surface area contributed by atoms with Crippen LogP contribution in [0.2, 0.25) is 0 Å². The van der Waals surface area contributed by atoms with Gasteiger partial charge in [0.1, 0.15) is 16.5 Å². The highest BCUT2D eigenvalue weighted by molar-refractivity contribution is 7.15. The topological polar surface area (TPSA) is 73.3 Å². The van der Waals surface area contributed by atoms with E-state index >= 15 is 0 Å². The van der Waals surface area contributed by atoms with E-state index in [0.717, 1.165) is 22.1 Å². The van der Waals surface area contributed by atoms with Crippen LogP contribution in [-0.2, 0) is 11.2 Å². The average molecular weight is 375 g/mol. The van der Waals surface area contributed by atoms with Crippen LogP contribution < -0.4 is 14.8 Å². The Kier molecular flexibility index (Phi) is 6.44. The second-order valence-electron chi connectivity index (χ2n) is 6.55. The lowest BCUT2D eigenvalue weighted by molar-refractivity contribution is -0.116. The van der Waals surface area contributed by atoms with E-state index in [1.807, 2.05) is 18.2 Å². The number of anilines is 1. The Balaban J connectivity index is 1.53. The zero-order chi connectivity index (χ0) is 18.4. The summed E-state index contributed by atoms with van der Waals surface area (Å²) in [6.07, 6.45) is 7.17. The monoisotopic (exact) mass is 375 g/mol. The number of carbonyl (C=O) groups is 1. The molecule has 0 bridgehead atoms. The van der Waals surface area contributed by atoms with Crippen LogP contribution in [0, 0.1) is 0 Å². The fourth-order valence-corrected chi connectivity index (χ4v) is 4.18. The number of methoxy groups -OCH3 is 2. The van der Waals surface area contributed by atoms with E-state index in [-0.39, 0.29) is 5.91 Å². The van der Waals surface area contributed by atoms with Gasteiger partial charge in [0.15, 0.2) is 0 Å². The SMILES string of the molecule is COc1cc(CCC(=O)Nc2nnc(C3CCCCC3)s2)cc(OC)c1. The summed E-state index contributed by atoms with van der Waals surface area (Å²) >= 11 is 1.51. The van der Waals surface area contributed by atoms with Gasteiger partial charge >= 0.3 is 0 Å². The van der Waals surface area contributed by atoms with Crippen molar-refractivity contribution in [2.75, 3.05) is 19.5 Å². The summed E-state index contributed by atoms with van der Waals surface area (Å²) in [4.78, 5) is 12.2. The zero-order valence-corrected chi connectivity index (χ0v) is 16.1. The van der Waals surface area contributed by atoms with Crippen LogP contribution in [0.5, 0.6) is 11.5 Å². The first-order chi connectivity index (χ1) is 12.7. The number of nitrogens with zero attached hydrogens (tertiary/aromatic N) is 2. The van der Waals surface area contributed by atoms with Gasteiger partial charge < -0.3 is 14.8 Å². The number of benzene rings is 1. The van der Waals surface area contributed by atoms with Gasteiger partial charge in [-0.25, -0.2) is 0 Å². The highest BCUT2D eigenvalue weighted by Crippen LogP contribution is 2.35. The predicted molar refractivity (Wildman–Crippen MR) is 102 cm³/mol. The first-order valence-electron chi connectivity index (χ1n) is 9.03. The van der Waals surface area contributed by atoms with Crippen LogP contribution in [0.25, 0.3) is 0 Å². The Bertz CT molecular complexity index is 719. The molecule has 0 radical (unpaired) electrons. The number of hydrogen-bond donors (Lipinski definition) is 1. The molecule has 2 aromatic rings. The molecule has 1 N–H and O–H groups in total. The number of nitrogens with one attached hydrogen (secondary N) is 1. The summed E-state index contributed by atoms with van der Waals surface area (Å²) in [6.45, 7) is 0. The number of carbonyl (C=O) groups excluding carboxylic acids is 1. The van der Waals surface area contributed by atoms with Gasteiger partial charge in [-0.05, 0) is 37.0 Å². The first kappa shape index (κ1) is 18.6.